The second-order valence-corrected chi connectivity index (χ2v) is 10.8. The predicted octanol–water partition coefficient (Wildman–Crippen LogP) is 3.99. The van der Waals surface area contributed by atoms with Crippen molar-refractivity contribution in [3.05, 3.63) is 29.8 Å². The van der Waals surface area contributed by atoms with E-state index >= 15 is 0 Å². The van der Waals surface area contributed by atoms with Gasteiger partial charge in [-0.25, -0.2) is 4.79 Å². The molecule has 7 nitrogen and oxygen atoms in total. The lowest BCUT2D eigenvalue weighted by molar-refractivity contribution is 0.0504. The first kappa shape index (κ1) is 25.1. The van der Waals surface area contributed by atoms with Crippen LogP contribution in [-0.2, 0) is 16.1 Å². The number of amides is 1. The fourth-order valence-corrected chi connectivity index (χ4v) is 3.11. The second-order valence-electron chi connectivity index (χ2n) is 8.76. The number of nitriles is 1. The van der Waals surface area contributed by atoms with Crippen molar-refractivity contribution in [1.82, 2.24) is 10.0 Å². The summed E-state index contributed by atoms with van der Waals surface area (Å²) in [6, 6.07) is 9.01. The van der Waals surface area contributed by atoms with Crippen molar-refractivity contribution >= 4 is 17.5 Å². The molecule has 8 heteroatoms. The Bertz CT molecular complexity index is 707. The molecule has 0 heterocycles. The molecule has 0 saturated heterocycles. The topological polar surface area (TPSA) is 106 Å². The van der Waals surface area contributed by atoms with Crippen LogP contribution in [0.4, 0.5) is 4.79 Å². The minimum atomic E-state index is -1.34. The van der Waals surface area contributed by atoms with Crippen LogP contribution >= 0.6 is 0 Å². The van der Waals surface area contributed by atoms with Crippen LogP contribution < -0.4 is 14.8 Å². The Labute approximate surface area is 177 Å². The van der Waals surface area contributed by atoms with Crippen molar-refractivity contribution in [2.75, 3.05) is 6.54 Å². The Morgan fingerprint density at radius 2 is 1.86 bits per heavy atom. The number of hydrogen-bond donors (Lipinski definition) is 2. The molecule has 29 heavy (non-hydrogen) atoms. The number of benzene rings is 1. The number of alkyl carbamates (subject to hydrolysis) is 1. The normalized spacial score (nSPS) is 15.0. The number of carbonyl (C=O) groups is 1. The van der Waals surface area contributed by atoms with Gasteiger partial charge in [-0.1, -0.05) is 18.2 Å². The van der Waals surface area contributed by atoms with Gasteiger partial charge in [0.25, 0.3) is 0 Å². The van der Waals surface area contributed by atoms with Crippen LogP contribution in [0.5, 0.6) is 5.75 Å². The van der Waals surface area contributed by atoms with E-state index in [-0.39, 0.29) is 19.1 Å². The summed E-state index contributed by atoms with van der Waals surface area (Å²) in [5.41, 5.74) is 0.176. The van der Waals surface area contributed by atoms with Crippen molar-refractivity contribution in [1.29, 1.82) is 5.26 Å². The zero-order valence-electron chi connectivity index (χ0n) is 18.4. The van der Waals surface area contributed by atoms with Gasteiger partial charge in [0.15, 0.2) is 0 Å². The van der Waals surface area contributed by atoms with Crippen molar-refractivity contribution in [3.63, 3.8) is 0 Å². The summed E-state index contributed by atoms with van der Waals surface area (Å²) in [6.45, 7) is 13.1. The quantitative estimate of drug-likeness (QED) is 0.613. The number of nitrogens with one attached hydrogen (secondary N) is 2. The van der Waals surface area contributed by atoms with Gasteiger partial charge < -0.3 is 19.3 Å². The lowest BCUT2D eigenvalue weighted by Crippen LogP contribution is -2.41. The molecule has 0 bridgehead atoms. The summed E-state index contributed by atoms with van der Waals surface area (Å²) in [4.78, 5) is 11.8. The molecule has 1 aromatic carbocycles. The van der Waals surface area contributed by atoms with Gasteiger partial charge >= 0.3 is 6.09 Å². The zero-order valence-corrected chi connectivity index (χ0v) is 19.2. The van der Waals surface area contributed by atoms with Crippen LogP contribution in [0.25, 0.3) is 0 Å². The monoisotopic (exact) mass is 423 g/mol. The number of para-hydroxylation sites is 1. The van der Waals surface area contributed by atoms with Gasteiger partial charge in [-0.05, 0) is 54.5 Å². The SMILES string of the molecule is C[C@@H](CNC(=O)OC(C)(C)C)Oc1ccccc1[C@@H](CC#N)N[S+]([O-])C(C)(C)C. The van der Waals surface area contributed by atoms with Gasteiger partial charge in [0.2, 0.25) is 0 Å². The zero-order chi connectivity index (χ0) is 22.2. The molecule has 0 spiro atoms. The van der Waals surface area contributed by atoms with E-state index in [1.165, 1.54) is 0 Å². The van der Waals surface area contributed by atoms with Crippen LogP contribution in [0.3, 0.4) is 0 Å². The smallest absolute Gasteiger partial charge is 0.407 e. The van der Waals surface area contributed by atoms with Crippen LogP contribution in [0.15, 0.2) is 24.3 Å². The molecule has 0 aliphatic carbocycles. The first-order valence-corrected chi connectivity index (χ1v) is 10.8. The fraction of sp³-hybridized carbons (Fsp3) is 0.619. The highest BCUT2D eigenvalue weighted by atomic mass is 32.2. The van der Waals surface area contributed by atoms with Crippen LogP contribution in [0, 0.1) is 11.3 Å². The molecule has 0 fully saturated rings. The number of carbonyl (C=O) groups excluding carboxylic acids is 1. The Balaban J connectivity index is 2.85. The molecule has 1 unspecified atom stereocenters. The minimum absolute atomic E-state index is 0.146. The lowest BCUT2D eigenvalue weighted by atomic mass is 10.0. The summed E-state index contributed by atoms with van der Waals surface area (Å²) in [6.07, 6.45) is -0.697. The highest BCUT2D eigenvalue weighted by Crippen LogP contribution is 2.30. The Hall–Kier alpha value is -1.95. The molecule has 0 aliphatic heterocycles. The molecule has 1 aromatic rings. The van der Waals surface area contributed by atoms with Crippen LogP contribution in [-0.4, -0.2) is 33.6 Å². The van der Waals surface area contributed by atoms with E-state index in [2.05, 4.69) is 16.1 Å². The summed E-state index contributed by atoms with van der Waals surface area (Å²) in [5, 5.41) is 11.9. The third-order valence-electron chi connectivity index (χ3n) is 3.66. The maximum absolute atomic E-state index is 12.5. The second kappa shape index (κ2) is 10.7. The molecule has 0 radical (unpaired) electrons. The van der Waals surface area contributed by atoms with E-state index in [0.29, 0.717) is 5.75 Å². The van der Waals surface area contributed by atoms with Crippen molar-refractivity contribution < 1.29 is 18.8 Å². The van der Waals surface area contributed by atoms with E-state index in [1.807, 2.05) is 45.9 Å². The molecule has 162 valence electrons. The largest absolute Gasteiger partial charge is 0.598 e. The summed E-state index contributed by atoms with van der Waals surface area (Å²) in [5.74, 6) is 0.574. The average molecular weight is 424 g/mol. The predicted molar refractivity (Wildman–Crippen MR) is 115 cm³/mol. The highest BCUT2D eigenvalue weighted by molar-refractivity contribution is 7.90. The van der Waals surface area contributed by atoms with Crippen molar-refractivity contribution in [2.45, 2.75) is 77.4 Å². The van der Waals surface area contributed by atoms with Gasteiger partial charge in [0.05, 0.1) is 25.1 Å². The van der Waals surface area contributed by atoms with Crippen LogP contribution in [0.2, 0.25) is 0 Å². The molecule has 2 N–H and O–H groups in total. The number of ether oxygens (including phenoxy) is 2. The summed E-state index contributed by atoms with van der Waals surface area (Å²) >= 11 is -1.34. The third kappa shape index (κ3) is 9.39. The average Bonchev–Trinajstić information content (AvgIpc) is 2.58. The molecule has 0 aromatic heterocycles. The number of nitrogens with zero attached hydrogens (tertiary/aromatic N) is 1. The van der Waals surface area contributed by atoms with Crippen molar-refractivity contribution in [3.8, 4) is 11.8 Å². The summed E-state index contributed by atoms with van der Waals surface area (Å²) in [7, 11) is 0. The molecular weight excluding hydrogens is 390 g/mol. The Morgan fingerprint density at radius 1 is 1.24 bits per heavy atom. The first-order valence-electron chi connectivity index (χ1n) is 9.61. The molecule has 3 atom stereocenters. The van der Waals surface area contributed by atoms with Gasteiger partial charge in [0.1, 0.15) is 22.2 Å². The first-order chi connectivity index (χ1) is 13.3. The number of hydrogen-bond acceptors (Lipinski definition) is 6. The maximum atomic E-state index is 12.5. The Morgan fingerprint density at radius 3 is 2.41 bits per heavy atom. The van der Waals surface area contributed by atoms with Crippen molar-refractivity contribution in [2.24, 2.45) is 0 Å². The minimum Gasteiger partial charge on any atom is -0.598 e. The standard InChI is InChI=1S/C21H33N3O4S/c1-15(14-23-19(25)28-20(2,3)4)27-18-11-9-8-10-16(18)17(12-13-22)24-29(26)21(5,6)7/h8-11,15,17,24H,12,14H2,1-7H3,(H,23,25)/t15-,17+,29?/m0/s1. The van der Waals surface area contributed by atoms with E-state index < -0.39 is 33.8 Å². The maximum Gasteiger partial charge on any atom is 0.407 e. The molecule has 0 saturated carbocycles. The Kier molecular flexibility index (Phi) is 9.27. The van der Waals surface area contributed by atoms with E-state index in [0.717, 1.165) is 5.56 Å². The van der Waals surface area contributed by atoms with Gasteiger partial charge in [0, 0.05) is 16.9 Å². The molecule has 1 rings (SSSR count). The lowest BCUT2D eigenvalue weighted by Gasteiger charge is -2.28. The molecular formula is C21H33N3O4S. The van der Waals surface area contributed by atoms with Gasteiger partial charge in [-0.15, -0.1) is 4.72 Å². The van der Waals surface area contributed by atoms with Gasteiger partial charge in [-0.2, -0.15) is 5.26 Å². The fourth-order valence-electron chi connectivity index (χ4n) is 2.29. The van der Waals surface area contributed by atoms with E-state index in [1.54, 1.807) is 26.8 Å². The summed E-state index contributed by atoms with van der Waals surface area (Å²) < 4.78 is 26.3. The third-order valence-corrected chi connectivity index (χ3v) is 5.27. The van der Waals surface area contributed by atoms with Crippen LogP contribution in [0.1, 0.15) is 66.5 Å². The van der Waals surface area contributed by atoms with E-state index in [4.69, 9.17) is 9.47 Å². The molecule has 0 aliphatic rings. The van der Waals surface area contributed by atoms with E-state index in [9.17, 15) is 14.6 Å². The van der Waals surface area contributed by atoms with Gasteiger partial charge in [-0.3, -0.25) is 0 Å². The molecule has 1 amide bonds. The number of rotatable bonds is 8. The highest BCUT2D eigenvalue weighted by Gasteiger charge is 2.31.